The number of carbonyl (C=O) groups is 1. The van der Waals surface area contributed by atoms with Crippen LogP contribution in [0.25, 0.3) is 10.9 Å². The number of hydrogen-bond donors (Lipinski definition) is 1. The van der Waals surface area contributed by atoms with Crippen molar-refractivity contribution in [3.8, 4) is 0 Å². The van der Waals surface area contributed by atoms with E-state index >= 15 is 0 Å². The first kappa shape index (κ1) is 12.3. The van der Waals surface area contributed by atoms with E-state index < -0.39 is 0 Å². The zero-order chi connectivity index (χ0) is 13.2. The Hall–Kier alpha value is -1.77. The number of rotatable bonds is 1. The minimum absolute atomic E-state index is 0.180. The van der Waals surface area contributed by atoms with Gasteiger partial charge in [-0.15, -0.1) is 0 Å². The lowest BCUT2D eigenvalue weighted by molar-refractivity contribution is 0.0762. The standard InChI is InChI=1S/C16H20N2O/c1-12-4-3-10-18(11-8-12)16(19)14-5-2-6-15-13(14)7-9-17-15/h2,5-7,9,12,17H,3-4,8,10-11H2,1H3. The van der Waals surface area contributed by atoms with Gasteiger partial charge < -0.3 is 9.88 Å². The quantitative estimate of drug-likeness (QED) is 0.833. The Morgan fingerprint density at radius 1 is 1.26 bits per heavy atom. The molecule has 19 heavy (non-hydrogen) atoms. The molecule has 1 aliphatic rings. The Labute approximate surface area is 113 Å². The van der Waals surface area contributed by atoms with E-state index in [0.29, 0.717) is 0 Å². The van der Waals surface area contributed by atoms with Gasteiger partial charge in [0.05, 0.1) is 0 Å². The van der Waals surface area contributed by atoms with Gasteiger partial charge in [0.2, 0.25) is 0 Å². The molecule has 2 heterocycles. The number of nitrogens with zero attached hydrogens (tertiary/aromatic N) is 1. The predicted molar refractivity (Wildman–Crippen MR) is 77.2 cm³/mol. The second kappa shape index (κ2) is 5.08. The van der Waals surface area contributed by atoms with Crippen LogP contribution in [0.15, 0.2) is 30.5 Å². The Morgan fingerprint density at radius 2 is 2.16 bits per heavy atom. The van der Waals surface area contributed by atoms with E-state index in [1.165, 1.54) is 6.42 Å². The van der Waals surface area contributed by atoms with E-state index in [0.717, 1.165) is 48.3 Å². The van der Waals surface area contributed by atoms with Crippen molar-refractivity contribution < 1.29 is 4.79 Å². The summed E-state index contributed by atoms with van der Waals surface area (Å²) < 4.78 is 0. The Kier molecular flexibility index (Phi) is 3.28. The molecule has 1 unspecified atom stereocenters. The number of likely N-dealkylation sites (tertiary alicyclic amines) is 1. The Morgan fingerprint density at radius 3 is 3.05 bits per heavy atom. The van der Waals surface area contributed by atoms with E-state index in [2.05, 4.69) is 11.9 Å². The normalized spacial score (nSPS) is 20.5. The van der Waals surface area contributed by atoms with Crippen molar-refractivity contribution in [2.75, 3.05) is 13.1 Å². The molecule has 1 aromatic heterocycles. The average Bonchev–Trinajstić information content (AvgIpc) is 2.80. The van der Waals surface area contributed by atoms with Crippen LogP contribution in [-0.4, -0.2) is 28.9 Å². The molecule has 1 fully saturated rings. The van der Waals surface area contributed by atoms with Crippen molar-refractivity contribution in [3.63, 3.8) is 0 Å². The number of carbonyl (C=O) groups excluding carboxylic acids is 1. The van der Waals surface area contributed by atoms with Crippen molar-refractivity contribution in [3.05, 3.63) is 36.0 Å². The molecule has 1 atom stereocenters. The molecule has 100 valence electrons. The molecular weight excluding hydrogens is 236 g/mol. The van der Waals surface area contributed by atoms with Gasteiger partial charge in [-0.2, -0.15) is 0 Å². The molecular formula is C16H20N2O. The van der Waals surface area contributed by atoms with Crippen molar-refractivity contribution in [2.45, 2.75) is 26.2 Å². The number of benzene rings is 1. The van der Waals surface area contributed by atoms with Crippen LogP contribution in [0.1, 0.15) is 36.5 Å². The summed E-state index contributed by atoms with van der Waals surface area (Å²) in [4.78, 5) is 17.9. The summed E-state index contributed by atoms with van der Waals surface area (Å²) in [5, 5.41) is 1.03. The number of H-pyrrole nitrogens is 1. The molecule has 0 radical (unpaired) electrons. The monoisotopic (exact) mass is 256 g/mol. The third kappa shape index (κ3) is 2.37. The SMILES string of the molecule is CC1CCCN(C(=O)c2cccc3[nH]ccc23)CC1. The van der Waals surface area contributed by atoms with Gasteiger partial charge in [-0.1, -0.05) is 13.0 Å². The van der Waals surface area contributed by atoms with Crippen molar-refractivity contribution >= 4 is 16.8 Å². The van der Waals surface area contributed by atoms with Crippen molar-refractivity contribution in [2.24, 2.45) is 5.92 Å². The summed E-state index contributed by atoms with van der Waals surface area (Å²) in [7, 11) is 0. The van der Waals surface area contributed by atoms with Gasteiger partial charge in [-0.05, 0) is 43.4 Å². The molecule has 1 aromatic carbocycles. The van der Waals surface area contributed by atoms with Crippen molar-refractivity contribution in [1.29, 1.82) is 0 Å². The highest BCUT2D eigenvalue weighted by atomic mass is 16.2. The first-order valence-electron chi connectivity index (χ1n) is 7.11. The van der Waals surface area contributed by atoms with Crippen LogP contribution in [0.5, 0.6) is 0 Å². The molecule has 0 aliphatic carbocycles. The highest BCUT2D eigenvalue weighted by Gasteiger charge is 2.21. The molecule has 1 amide bonds. The Bertz CT molecular complexity index is 587. The lowest BCUT2D eigenvalue weighted by Gasteiger charge is -2.21. The predicted octanol–water partition coefficient (Wildman–Crippen LogP) is 3.43. The van der Waals surface area contributed by atoms with Crippen LogP contribution in [0, 0.1) is 5.92 Å². The summed E-state index contributed by atoms with van der Waals surface area (Å²) in [5.41, 5.74) is 1.86. The maximum atomic E-state index is 12.7. The van der Waals surface area contributed by atoms with Gasteiger partial charge in [0, 0.05) is 35.8 Å². The third-order valence-electron chi connectivity index (χ3n) is 4.13. The molecule has 0 bridgehead atoms. The van der Waals surface area contributed by atoms with E-state index in [1.54, 1.807) is 0 Å². The minimum Gasteiger partial charge on any atom is -0.361 e. The van der Waals surface area contributed by atoms with Gasteiger partial charge in [0.15, 0.2) is 0 Å². The summed E-state index contributed by atoms with van der Waals surface area (Å²) in [6.07, 6.45) is 5.37. The summed E-state index contributed by atoms with van der Waals surface area (Å²) in [6, 6.07) is 7.89. The van der Waals surface area contributed by atoms with E-state index in [9.17, 15) is 4.79 Å². The largest absolute Gasteiger partial charge is 0.361 e. The highest BCUT2D eigenvalue weighted by Crippen LogP contribution is 2.22. The first-order chi connectivity index (χ1) is 9.25. The lowest BCUT2D eigenvalue weighted by atomic mass is 10.0. The molecule has 0 spiro atoms. The molecule has 3 rings (SSSR count). The van der Waals surface area contributed by atoms with Gasteiger partial charge in [0.25, 0.3) is 5.91 Å². The zero-order valence-electron chi connectivity index (χ0n) is 11.4. The maximum Gasteiger partial charge on any atom is 0.254 e. The van der Waals surface area contributed by atoms with Crippen LogP contribution in [0.2, 0.25) is 0 Å². The number of aromatic amines is 1. The minimum atomic E-state index is 0.180. The van der Waals surface area contributed by atoms with Crippen LogP contribution in [0.3, 0.4) is 0 Å². The molecule has 1 saturated heterocycles. The summed E-state index contributed by atoms with van der Waals surface area (Å²) in [5.74, 6) is 0.917. The number of amides is 1. The molecule has 3 nitrogen and oxygen atoms in total. The average molecular weight is 256 g/mol. The maximum absolute atomic E-state index is 12.7. The molecule has 1 aliphatic heterocycles. The zero-order valence-corrected chi connectivity index (χ0v) is 11.4. The Balaban J connectivity index is 1.89. The van der Waals surface area contributed by atoms with Crippen molar-refractivity contribution in [1.82, 2.24) is 9.88 Å². The number of fused-ring (bicyclic) bond motifs is 1. The molecule has 3 heteroatoms. The molecule has 2 aromatic rings. The van der Waals surface area contributed by atoms with Gasteiger partial charge in [0.1, 0.15) is 0 Å². The number of nitrogens with one attached hydrogen (secondary N) is 1. The second-order valence-electron chi connectivity index (χ2n) is 5.57. The lowest BCUT2D eigenvalue weighted by Crippen LogP contribution is -2.32. The van der Waals surface area contributed by atoms with Crippen LogP contribution >= 0.6 is 0 Å². The summed E-state index contributed by atoms with van der Waals surface area (Å²) in [6.45, 7) is 4.06. The molecule has 1 N–H and O–H groups in total. The molecule has 0 saturated carbocycles. The number of aromatic nitrogens is 1. The fourth-order valence-corrected chi connectivity index (χ4v) is 2.91. The topological polar surface area (TPSA) is 36.1 Å². The smallest absolute Gasteiger partial charge is 0.254 e. The van der Waals surface area contributed by atoms with E-state index in [4.69, 9.17) is 0 Å². The van der Waals surface area contributed by atoms with Gasteiger partial charge in [-0.25, -0.2) is 0 Å². The fraction of sp³-hybridized carbons (Fsp3) is 0.438. The number of hydrogen-bond acceptors (Lipinski definition) is 1. The van der Waals surface area contributed by atoms with Crippen LogP contribution in [0.4, 0.5) is 0 Å². The first-order valence-corrected chi connectivity index (χ1v) is 7.11. The summed E-state index contributed by atoms with van der Waals surface area (Å²) >= 11 is 0. The van der Waals surface area contributed by atoms with Gasteiger partial charge in [-0.3, -0.25) is 4.79 Å². The van der Waals surface area contributed by atoms with Crippen LogP contribution < -0.4 is 0 Å². The van der Waals surface area contributed by atoms with E-state index in [-0.39, 0.29) is 5.91 Å². The fourth-order valence-electron chi connectivity index (χ4n) is 2.91. The van der Waals surface area contributed by atoms with Crippen LogP contribution in [-0.2, 0) is 0 Å². The highest BCUT2D eigenvalue weighted by molar-refractivity contribution is 6.06. The second-order valence-corrected chi connectivity index (χ2v) is 5.57. The third-order valence-corrected chi connectivity index (χ3v) is 4.13. The van der Waals surface area contributed by atoms with Gasteiger partial charge >= 0.3 is 0 Å². The van der Waals surface area contributed by atoms with E-state index in [1.807, 2.05) is 35.4 Å².